The van der Waals surface area contributed by atoms with Crippen LogP contribution in [-0.4, -0.2) is 25.2 Å². The van der Waals surface area contributed by atoms with Gasteiger partial charge in [-0.05, 0) is 45.8 Å². The minimum absolute atomic E-state index is 0.0226. The molecule has 1 aromatic heterocycles. The smallest absolute Gasteiger partial charge is 0.145 e. The Morgan fingerprint density at radius 3 is 2.32 bits per heavy atom. The summed E-state index contributed by atoms with van der Waals surface area (Å²) in [6, 6.07) is 22.9. The molecule has 0 amide bonds. The van der Waals surface area contributed by atoms with Gasteiger partial charge in [-0.25, -0.2) is 4.68 Å². The van der Waals surface area contributed by atoms with Crippen molar-refractivity contribution in [1.82, 2.24) is 15.0 Å². The molecule has 5 rings (SSSR count). The molecular weight excluding hydrogens is 370 g/mol. The normalized spacial score (nSPS) is 11.3. The molecule has 0 radical (unpaired) electrons. The predicted octanol–water partition coefficient (Wildman–Crippen LogP) is 4.94. The number of phenols is 2. The van der Waals surface area contributed by atoms with E-state index in [4.69, 9.17) is 0 Å². The van der Waals surface area contributed by atoms with E-state index in [1.165, 1.54) is 17.5 Å². The molecule has 2 N–H and O–H groups in total. The van der Waals surface area contributed by atoms with Crippen LogP contribution < -0.4 is 0 Å². The third-order valence-corrected chi connectivity index (χ3v) is 5.14. The van der Waals surface area contributed by atoms with Crippen molar-refractivity contribution >= 4 is 34.2 Å². The van der Waals surface area contributed by atoms with Crippen molar-refractivity contribution in [2.24, 2.45) is 0 Å². The second-order valence-electron chi connectivity index (χ2n) is 6.57. The zero-order valence-electron chi connectivity index (χ0n) is 14.6. The fourth-order valence-electron chi connectivity index (χ4n) is 3.54. The monoisotopic (exact) mass is 385 g/mol. The zero-order valence-corrected chi connectivity index (χ0v) is 15.5. The van der Waals surface area contributed by atoms with Gasteiger partial charge in [-0.3, -0.25) is 0 Å². The Bertz CT molecular complexity index is 1360. The van der Waals surface area contributed by atoms with Gasteiger partial charge >= 0.3 is 0 Å². The molecule has 136 valence electrons. The van der Waals surface area contributed by atoms with E-state index >= 15 is 0 Å². The van der Waals surface area contributed by atoms with E-state index in [0.717, 1.165) is 21.7 Å². The maximum Gasteiger partial charge on any atom is 0.145 e. The molecule has 0 saturated heterocycles. The van der Waals surface area contributed by atoms with Gasteiger partial charge in [0.05, 0.1) is 0 Å². The number of nitrogens with zero attached hydrogens (tertiary/aromatic N) is 3. The van der Waals surface area contributed by atoms with Crippen molar-refractivity contribution in [3.05, 3.63) is 72.8 Å². The van der Waals surface area contributed by atoms with E-state index in [2.05, 4.69) is 53.3 Å². The molecule has 4 aromatic carbocycles. The SMILES string of the molecule is Oc1ccc(-n2nnc(S)c2-c2cccc3cc4ccccc4cc23)c(O)c1. The number of benzene rings is 4. The molecule has 6 heteroatoms. The van der Waals surface area contributed by atoms with Gasteiger partial charge in [0.15, 0.2) is 0 Å². The quantitative estimate of drug-likeness (QED) is 0.297. The summed E-state index contributed by atoms with van der Waals surface area (Å²) in [5.41, 5.74) is 1.99. The van der Waals surface area contributed by atoms with Gasteiger partial charge in [-0.2, -0.15) is 0 Å². The molecule has 0 saturated carbocycles. The van der Waals surface area contributed by atoms with E-state index < -0.39 is 0 Å². The van der Waals surface area contributed by atoms with Crippen molar-refractivity contribution < 1.29 is 10.2 Å². The van der Waals surface area contributed by atoms with Crippen LogP contribution in [0.15, 0.2) is 77.8 Å². The largest absolute Gasteiger partial charge is 0.508 e. The average molecular weight is 385 g/mol. The first-order valence-electron chi connectivity index (χ1n) is 8.71. The Labute approximate surface area is 165 Å². The van der Waals surface area contributed by atoms with E-state index in [1.54, 1.807) is 10.7 Å². The maximum absolute atomic E-state index is 10.3. The summed E-state index contributed by atoms with van der Waals surface area (Å²) in [7, 11) is 0. The Balaban J connectivity index is 1.82. The van der Waals surface area contributed by atoms with Gasteiger partial charge in [-0.15, -0.1) is 17.7 Å². The number of aromatic hydroxyl groups is 2. The number of phenolic OH excluding ortho intramolecular Hbond substituents is 2. The predicted molar refractivity (Wildman–Crippen MR) is 112 cm³/mol. The highest BCUT2D eigenvalue weighted by molar-refractivity contribution is 7.80. The van der Waals surface area contributed by atoms with Crippen LogP contribution >= 0.6 is 12.6 Å². The van der Waals surface area contributed by atoms with E-state index in [9.17, 15) is 10.2 Å². The summed E-state index contributed by atoms with van der Waals surface area (Å²) in [4.78, 5) is 0. The minimum Gasteiger partial charge on any atom is -0.508 e. The minimum atomic E-state index is -0.0924. The number of rotatable bonds is 2. The number of hydrogen-bond acceptors (Lipinski definition) is 5. The molecule has 0 aliphatic heterocycles. The van der Waals surface area contributed by atoms with Crippen molar-refractivity contribution in [2.75, 3.05) is 0 Å². The lowest BCUT2D eigenvalue weighted by molar-refractivity contribution is 0.447. The Kier molecular flexibility index (Phi) is 3.74. The number of thiol groups is 1. The van der Waals surface area contributed by atoms with Gasteiger partial charge in [-0.1, -0.05) is 47.7 Å². The lowest BCUT2D eigenvalue weighted by atomic mass is 9.98. The number of aromatic nitrogens is 3. The van der Waals surface area contributed by atoms with Crippen LogP contribution in [0.2, 0.25) is 0 Å². The standard InChI is InChI=1S/C22H15N3O2S/c26-16-8-9-19(20(27)12-16)25-21(22(28)23-24-25)17-7-3-6-15-10-13-4-1-2-5-14(13)11-18(15)17/h1-12,26-28H. The fourth-order valence-corrected chi connectivity index (χ4v) is 3.80. The van der Waals surface area contributed by atoms with Gasteiger partial charge < -0.3 is 10.2 Å². The van der Waals surface area contributed by atoms with Gasteiger partial charge in [0, 0.05) is 11.6 Å². The lowest BCUT2D eigenvalue weighted by Gasteiger charge is -2.12. The Morgan fingerprint density at radius 1 is 0.786 bits per heavy atom. The molecule has 0 spiro atoms. The van der Waals surface area contributed by atoms with Crippen LogP contribution in [0.1, 0.15) is 0 Å². The van der Waals surface area contributed by atoms with E-state index in [0.29, 0.717) is 16.4 Å². The highest BCUT2D eigenvalue weighted by atomic mass is 32.1. The second-order valence-corrected chi connectivity index (χ2v) is 7.00. The summed E-state index contributed by atoms with van der Waals surface area (Å²) in [5, 5.41) is 33.1. The number of hydrogen-bond donors (Lipinski definition) is 3. The van der Waals surface area contributed by atoms with E-state index in [-0.39, 0.29) is 11.5 Å². The maximum atomic E-state index is 10.3. The van der Waals surface area contributed by atoms with Crippen LogP contribution in [0.3, 0.4) is 0 Å². The third kappa shape index (κ3) is 2.58. The van der Waals surface area contributed by atoms with E-state index in [1.807, 2.05) is 24.3 Å². The molecule has 0 aliphatic rings. The summed E-state index contributed by atoms with van der Waals surface area (Å²) in [6.45, 7) is 0. The molecule has 28 heavy (non-hydrogen) atoms. The van der Waals surface area contributed by atoms with Gasteiger partial charge in [0.1, 0.15) is 27.9 Å². The van der Waals surface area contributed by atoms with Crippen LogP contribution in [-0.2, 0) is 0 Å². The fraction of sp³-hybridized carbons (Fsp3) is 0. The van der Waals surface area contributed by atoms with Crippen molar-refractivity contribution in [3.63, 3.8) is 0 Å². The molecule has 1 heterocycles. The highest BCUT2D eigenvalue weighted by Gasteiger charge is 2.19. The molecule has 0 atom stereocenters. The highest BCUT2D eigenvalue weighted by Crippen LogP contribution is 2.37. The van der Waals surface area contributed by atoms with Crippen molar-refractivity contribution in [1.29, 1.82) is 0 Å². The summed E-state index contributed by atoms with van der Waals surface area (Å²) in [6.07, 6.45) is 0. The van der Waals surface area contributed by atoms with Crippen LogP contribution in [0, 0.1) is 0 Å². The molecule has 0 bridgehead atoms. The van der Waals surface area contributed by atoms with Crippen LogP contribution in [0.4, 0.5) is 0 Å². The second kappa shape index (κ2) is 6.28. The van der Waals surface area contributed by atoms with Crippen molar-refractivity contribution in [3.8, 4) is 28.4 Å². The zero-order chi connectivity index (χ0) is 19.3. The molecule has 5 nitrogen and oxygen atoms in total. The van der Waals surface area contributed by atoms with Crippen molar-refractivity contribution in [2.45, 2.75) is 5.03 Å². The third-order valence-electron chi connectivity index (χ3n) is 4.84. The summed E-state index contributed by atoms with van der Waals surface area (Å²) in [5.74, 6) is -0.115. The first-order valence-corrected chi connectivity index (χ1v) is 9.15. The van der Waals surface area contributed by atoms with Crippen LogP contribution in [0.5, 0.6) is 11.5 Å². The topological polar surface area (TPSA) is 71.2 Å². The van der Waals surface area contributed by atoms with Gasteiger partial charge in [0.25, 0.3) is 0 Å². The van der Waals surface area contributed by atoms with Gasteiger partial charge in [0.2, 0.25) is 0 Å². The molecule has 0 unspecified atom stereocenters. The lowest BCUT2D eigenvalue weighted by Crippen LogP contribution is -2.00. The Morgan fingerprint density at radius 2 is 1.54 bits per heavy atom. The summed E-state index contributed by atoms with van der Waals surface area (Å²) >= 11 is 4.51. The molecule has 0 aliphatic carbocycles. The number of fused-ring (bicyclic) bond motifs is 2. The molecule has 5 aromatic rings. The van der Waals surface area contributed by atoms with Crippen LogP contribution in [0.25, 0.3) is 38.5 Å². The molecule has 0 fully saturated rings. The first-order chi connectivity index (χ1) is 13.6. The molecular formula is C22H15N3O2S. The Hall–Kier alpha value is -3.51. The average Bonchev–Trinajstić information content (AvgIpc) is 3.07. The summed E-state index contributed by atoms with van der Waals surface area (Å²) < 4.78 is 1.54. The first kappa shape index (κ1) is 16.6.